The Hall–Kier alpha value is -2.80. The van der Waals surface area contributed by atoms with Gasteiger partial charge in [0, 0.05) is 43.9 Å². The van der Waals surface area contributed by atoms with Crippen LogP contribution in [0.1, 0.15) is 36.0 Å². The number of pyridine rings is 1. The van der Waals surface area contributed by atoms with Gasteiger partial charge in [-0.3, -0.25) is 14.6 Å². The number of fused-ring (bicyclic) bond motifs is 1. The van der Waals surface area contributed by atoms with E-state index in [0.29, 0.717) is 18.5 Å². The molecule has 0 saturated heterocycles. The largest absolute Gasteiger partial charge is 0.352 e. The summed E-state index contributed by atoms with van der Waals surface area (Å²) in [6.07, 6.45) is 6.20. The summed E-state index contributed by atoms with van der Waals surface area (Å²) in [4.78, 5) is 31.6. The molecule has 0 bridgehead atoms. The number of benzene rings is 1. The molecular weight excluding hydrogens is 371 g/mol. The van der Waals surface area contributed by atoms with Gasteiger partial charge in [-0.15, -0.1) is 0 Å². The quantitative estimate of drug-likeness (QED) is 0.778. The van der Waals surface area contributed by atoms with Crippen LogP contribution in [0.4, 0.5) is 4.39 Å². The highest BCUT2D eigenvalue weighted by Crippen LogP contribution is 2.26. The lowest BCUT2D eigenvalue weighted by molar-refractivity contribution is -0.142. The van der Waals surface area contributed by atoms with E-state index >= 15 is 0 Å². The molecule has 1 unspecified atom stereocenters. The Bertz CT molecular complexity index is 915. The predicted octanol–water partition coefficient (Wildman–Crippen LogP) is 1.71. The first-order chi connectivity index (χ1) is 14.0. The minimum atomic E-state index is -0.557. The number of carbonyl (C=O) groups is 2. The number of nitrogens with two attached hydrogens (primary N) is 1. The van der Waals surface area contributed by atoms with Crippen LogP contribution in [0.3, 0.4) is 0 Å². The van der Waals surface area contributed by atoms with Crippen molar-refractivity contribution in [3.05, 3.63) is 65.2 Å². The summed E-state index contributed by atoms with van der Waals surface area (Å²) in [5.41, 5.74) is 8.63. The van der Waals surface area contributed by atoms with Crippen LogP contribution in [-0.2, 0) is 29.0 Å². The molecule has 2 atom stereocenters. The first-order valence-corrected chi connectivity index (χ1v) is 10.0. The molecular formula is C22H25FN4O2. The van der Waals surface area contributed by atoms with Gasteiger partial charge in [-0.05, 0) is 48.1 Å². The highest BCUT2D eigenvalue weighted by molar-refractivity contribution is 5.89. The fourth-order valence-corrected chi connectivity index (χ4v) is 3.79. The highest BCUT2D eigenvalue weighted by Gasteiger charge is 2.37. The summed E-state index contributed by atoms with van der Waals surface area (Å²) in [5.74, 6) is -0.639. The van der Waals surface area contributed by atoms with E-state index in [1.54, 1.807) is 35.5 Å². The van der Waals surface area contributed by atoms with E-state index in [1.165, 1.54) is 6.07 Å². The smallest absolute Gasteiger partial charge is 0.243 e. The summed E-state index contributed by atoms with van der Waals surface area (Å²) < 4.78 is 13.9. The van der Waals surface area contributed by atoms with Crippen molar-refractivity contribution >= 4 is 11.8 Å². The van der Waals surface area contributed by atoms with Crippen molar-refractivity contribution in [2.75, 3.05) is 0 Å². The lowest BCUT2D eigenvalue weighted by atomic mass is 9.93. The van der Waals surface area contributed by atoms with E-state index in [0.717, 1.165) is 24.0 Å². The van der Waals surface area contributed by atoms with Crippen LogP contribution >= 0.6 is 0 Å². The zero-order chi connectivity index (χ0) is 20.4. The zero-order valence-electron chi connectivity index (χ0n) is 16.2. The molecule has 2 aliphatic rings. The predicted molar refractivity (Wildman–Crippen MR) is 106 cm³/mol. The fourth-order valence-electron chi connectivity index (χ4n) is 3.79. The molecule has 1 aromatic heterocycles. The van der Waals surface area contributed by atoms with E-state index in [1.807, 2.05) is 6.07 Å². The number of amides is 2. The zero-order valence-corrected chi connectivity index (χ0v) is 16.2. The van der Waals surface area contributed by atoms with Gasteiger partial charge in [-0.2, -0.15) is 0 Å². The summed E-state index contributed by atoms with van der Waals surface area (Å²) in [5, 5.41) is 3.01. The monoisotopic (exact) mass is 396 g/mol. The maximum absolute atomic E-state index is 13.9. The number of nitrogens with one attached hydrogen (secondary N) is 1. The second-order valence-corrected chi connectivity index (χ2v) is 7.93. The van der Waals surface area contributed by atoms with Crippen LogP contribution in [0.15, 0.2) is 42.7 Å². The highest BCUT2D eigenvalue weighted by atomic mass is 19.1. The maximum atomic E-state index is 13.9. The summed E-state index contributed by atoms with van der Waals surface area (Å²) in [7, 11) is 0. The number of rotatable bonds is 6. The van der Waals surface area contributed by atoms with Crippen molar-refractivity contribution in [2.24, 2.45) is 5.73 Å². The van der Waals surface area contributed by atoms with Gasteiger partial charge in [0.05, 0.1) is 0 Å². The van der Waals surface area contributed by atoms with Gasteiger partial charge in [0.25, 0.3) is 0 Å². The molecule has 3 N–H and O–H groups in total. The standard InChI is InChI=1S/C22H25FN4O2/c23-19-4-2-1-3-15(19)9-17(24)11-21(28)27-13-16-12-25-8-7-14(16)10-20(27)22(29)26-18-5-6-18/h1-4,7-8,12,17-18,20H,5-6,9-11,13,24H2,(H,26,29)/t17-,20?/m1/s1. The Morgan fingerprint density at radius 2 is 2.03 bits per heavy atom. The number of halogens is 1. The molecule has 2 heterocycles. The Morgan fingerprint density at radius 3 is 2.79 bits per heavy atom. The van der Waals surface area contributed by atoms with Gasteiger partial charge in [0.15, 0.2) is 0 Å². The van der Waals surface area contributed by atoms with E-state index < -0.39 is 12.1 Å². The van der Waals surface area contributed by atoms with Gasteiger partial charge in [-0.1, -0.05) is 18.2 Å². The van der Waals surface area contributed by atoms with Crippen LogP contribution in [0.5, 0.6) is 0 Å². The van der Waals surface area contributed by atoms with Gasteiger partial charge in [0.1, 0.15) is 11.9 Å². The lowest BCUT2D eigenvalue weighted by Gasteiger charge is -2.36. The first-order valence-electron chi connectivity index (χ1n) is 10.0. The van der Waals surface area contributed by atoms with Crippen LogP contribution in [0.2, 0.25) is 0 Å². The molecule has 2 aromatic rings. The fraction of sp³-hybridized carbons (Fsp3) is 0.409. The number of nitrogens with zero attached hydrogens (tertiary/aromatic N) is 2. The molecule has 1 aliphatic heterocycles. The summed E-state index contributed by atoms with van der Waals surface area (Å²) in [6.45, 7) is 0.331. The van der Waals surface area contributed by atoms with Crippen molar-refractivity contribution in [1.29, 1.82) is 0 Å². The molecule has 4 rings (SSSR count). The van der Waals surface area contributed by atoms with E-state index in [9.17, 15) is 14.0 Å². The van der Waals surface area contributed by atoms with Gasteiger partial charge in [-0.25, -0.2) is 4.39 Å². The molecule has 1 aromatic carbocycles. The Morgan fingerprint density at radius 1 is 1.24 bits per heavy atom. The van der Waals surface area contributed by atoms with Gasteiger partial charge < -0.3 is 16.0 Å². The molecule has 0 radical (unpaired) electrons. The molecule has 1 aliphatic carbocycles. The molecule has 6 nitrogen and oxygen atoms in total. The number of hydrogen-bond acceptors (Lipinski definition) is 4. The molecule has 152 valence electrons. The molecule has 2 amide bonds. The first kappa shape index (κ1) is 19.5. The Labute approximate surface area is 169 Å². The van der Waals surface area contributed by atoms with Crippen molar-refractivity contribution < 1.29 is 14.0 Å². The number of carbonyl (C=O) groups excluding carboxylic acids is 2. The van der Waals surface area contributed by atoms with Crippen LogP contribution < -0.4 is 11.1 Å². The number of aromatic nitrogens is 1. The second-order valence-electron chi connectivity index (χ2n) is 7.93. The third-order valence-corrected chi connectivity index (χ3v) is 5.56. The summed E-state index contributed by atoms with van der Waals surface area (Å²) in [6, 6.07) is 7.48. The SMILES string of the molecule is N[C@@H](CC(=O)N1Cc2cnccc2CC1C(=O)NC1CC1)Cc1ccccc1F. The maximum Gasteiger partial charge on any atom is 0.243 e. The second kappa shape index (κ2) is 8.29. The summed E-state index contributed by atoms with van der Waals surface area (Å²) >= 11 is 0. The van der Waals surface area contributed by atoms with Crippen molar-refractivity contribution in [1.82, 2.24) is 15.2 Å². The minimum Gasteiger partial charge on any atom is -0.352 e. The van der Waals surface area contributed by atoms with Crippen LogP contribution in [0, 0.1) is 5.82 Å². The van der Waals surface area contributed by atoms with E-state index in [-0.39, 0.29) is 36.5 Å². The third kappa shape index (κ3) is 4.62. The topological polar surface area (TPSA) is 88.3 Å². The van der Waals surface area contributed by atoms with Crippen molar-refractivity contribution in [3.63, 3.8) is 0 Å². The van der Waals surface area contributed by atoms with Crippen molar-refractivity contribution in [2.45, 2.75) is 56.8 Å². The normalized spacial score (nSPS) is 19.4. The molecule has 1 saturated carbocycles. The third-order valence-electron chi connectivity index (χ3n) is 5.56. The average Bonchev–Trinajstić information content (AvgIpc) is 3.52. The molecule has 7 heteroatoms. The van der Waals surface area contributed by atoms with E-state index in [2.05, 4.69) is 10.3 Å². The Balaban J connectivity index is 1.47. The van der Waals surface area contributed by atoms with Gasteiger partial charge >= 0.3 is 0 Å². The van der Waals surface area contributed by atoms with Crippen LogP contribution in [-0.4, -0.2) is 39.8 Å². The molecule has 1 fully saturated rings. The van der Waals surface area contributed by atoms with Crippen molar-refractivity contribution in [3.8, 4) is 0 Å². The number of hydrogen-bond donors (Lipinski definition) is 2. The molecule has 0 spiro atoms. The minimum absolute atomic E-state index is 0.0527. The van der Waals surface area contributed by atoms with E-state index in [4.69, 9.17) is 5.73 Å². The van der Waals surface area contributed by atoms with Gasteiger partial charge in [0.2, 0.25) is 11.8 Å². The average molecular weight is 396 g/mol. The lowest BCUT2D eigenvalue weighted by Crippen LogP contribution is -2.53. The molecule has 29 heavy (non-hydrogen) atoms. The van der Waals surface area contributed by atoms with Crippen LogP contribution in [0.25, 0.3) is 0 Å². The Kier molecular flexibility index (Phi) is 5.58.